The molecule has 0 aromatic carbocycles. The molecule has 1 rings (SSSR count). The van der Waals surface area contributed by atoms with Crippen molar-refractivity contribution >= 4 is 11.7 Å². The molecule has 0 amide bonds. The number of nitrogens with one attached hydrogen (secondary N) is 1. The first-order valence-electron chi connectivity index (χ1n) is 5.63. The van der Waals surface area contributed by atoms with Gasteiger partial charge in [-0.1, -0.05) is 20.8 Å². The van der Waals surface area contributed by atoms with Crippen LogP contribution in [0.5, 0.6) is 0 Å². The Morgan fingerprint density at radius 3 is 2.35 bits per heavy atom. The fourth-order valence-corrected chi connectivity index (χ4v) is 1.54. The van der Waals surface area contributed by atoms with Crippen molar-refractivity contribution in [3.63, 3.8) is 0 Å². The second kappa shape index (κ2) is 4.69. The minimum Gasteiger partial charge on any atom is -0.382 e. The Kier molecular flexibility index (Phi) is 3.70. The molecule has 1 atom stereocenters. The lowest BCUT2D eigenvalue weighted by Crippen LogP contribution is -2.41. The van der Waals surface area contributed by atoms with Crippen LogP contribution in [0.4, 0.5) is 5.82 Å². The van der Waals surface area contributed by atoms with E-state index >= 15 is 0 Å². The zero-order chi connectivity index (χ0) is 13.2. The van der Waals surface area contributed by atoms with E-state index in [1.165, 1.54) is 0 Å². The number of hydrogen-bond acceptors (Lipinski definition) is 4. The molecule has 0 fully saturated rings. The highest BCUT2D eigenvalue weighted by atomic mass is 15.2. The van der Waals surface area contributed by atoms with Gasteiger partial charge >= 0.3 is 0 Å². The predicted octanol–water partition coefficient (Wildman–Crippen LogP) is 1.63. The lowest BCUT2D eigenvalue weighted by atomic mass is 9.87. The van der Waals surface area contributed by atoms with E-state index in [9.17, 15) is 0 Å². The molecular formula is C12H21N5. The van der Waals surface area contributed by atoms with Crippen LogP contribution in [-0.2, 0) is 0 Å². The zero-order valence-corrected chi connectivity index (χ0v) is 11.2. The van der Waals surface area contributed by atoms with Crippen molar-refractivity contribution in [2.45, 2.75) is 33.7 Å². The van der Waals surface area contributed by atoms with Gasteiger partial charge in [0.2, 0.25) is 0 Å². The van der Waals surface area contributed by atoms with E-state index in [1.54, 1.807) is 12.4 Å². The number of nitrogen functional groups attached to an aromatic ring is 1. The number of amidine groups is 1. The standard InChI is InChI=1S/C12H21N5/c1-8(12(2,3)4)17(5)11-9(10(13)14)15-6-7-16-11/h6-8H,1-5H3,(H3,13,14). The Morgan fingerprint density at radius 1 is 1.35 bits per heavy atom. The highest BCUT2D eigenvalue weighted by molar-refractivity contribution is 5.97. The van der Waals surface area contributed by atoms with Crippen molar-refractivity contribution in [1.29, 1.82) is 5.41 Å². The fraction of sp³-hybridized carbons (Fsp3) is 0.583. The van der Waals surface area contributed by atoms with Gasteiger partial charge in [-0.2, -0.15) is 0 Å². The van der Waals surface area contributed by atoms with Crippen LogP contribution in [0.2, 0.25) is 0 Å². The van der Waals surface area contributed by atoms with Gasteiger partial charge in [0.15, 0.2) is 5.82 Å². The molecule has 1 heterocycles. The van der Waals surface area contributed by atoms with Crippen LogP contribution in [0.3, 0.4) is 0 Å². The van der Waals surface area contributed by atoms with Gasteiger partial charge in [-0.3, -0.25) is 5.41 Å². The molecule has 1 aromatic rings. The quantitative estimate of drug-likeness (QED) is 0.616. The molecule has 3 N–H and O–H groups in total. The summed E-state index contributed by atoms with van der Waals surface area (Å²) in [7, 11) is 1.95. The maximum atomic E-state index is 7.52. The second-order valence-electron chi connectivity index (χ2n) is 5.30. The Balaban J connectivity index is 3.12. The third-order valence-corrected chi connectivity index (χ3v) is 3.10. The molecule has 1 aromatic heterocycles. The first-order valence-corrected chi connectivity index (χ1v) is 5.63. The molecule has 0 aliphatic carbocycles. The fourth-order valence-electron chi connectivity index (χ4n) is 1.54. The second-order valence-corrected chi connectivity index (χ2v) is 5.30. The number of aromatic nitrogens is 2. The minimum absolute atomic E-state index is 0.0546. The summed E-state index contributed by atoms with van der Waals surface area (Å²) in [5.74, 6) is 0.600. The zero-order valence-electron chi connectivity index (χ0n) is 11.2. The molecule has 0 aliphatic heterocycles. The smallest absolute Gasteiger partial charge is 0.158 e. The molecule has 17 heavy (non-hydrogen) atoms. The number of hydrogen-bond donors (Lipinski definition) is 2. The number of anilines is 1. The van der Waals surface area contributed by atoms with Crippen LogP contribution in [0.1, 0.15) is 33.4 Å². The van der Waals surface area contributed by atoms with Gasteiger partial charge in [0.05, 0.1) is 0 Å². The summed E-state index contributed by atoms with van der Waals surface area (Å²) in [6, 6.07) is 0.261. The van der Waals surface area contributed by atoms with Crippen molar-refractivity contribution < 1.29 is 0 Å². The summed E-state index contributed by atoms with van der Waals surface area (Å²) in [6.45, 7) is 8.62. The number of rotatable bonds is 3. The van der Waals surface area contributed by atoms with Crippen molar-refractivity contribution in [3.8, 4) is 0 Å². The van der Waals surface area contributed by atoms with E-state index in [4.69, 9.17) is 11.1 Å². The topological polar surface area (TPSA) is 78.9 Å². The molecule has 0 spiro atoms. The van der Waals surface area contributed by atoms with E-state index in [0.29, 0.717) is 11.5 Å². The van der Waals surface area contributed by atoms with Crippen molar-refractivity contribution in [2.24, 2.45) is 11.1 Å². The molecule has 1 unspecified atom stereocenters. The van der Waals surface area contributed by atoms with Crippen molar-refractivity contribution in [2.75, 3.05) is 11.9 Å². The molecule has 0 saturated carbocycles. The van der Waals surface area contributed by atoms with Gasteiger partial charge in [0.1, 0.15) is 11.5 Å². The van der Waals surface area contributed by atoms with E-state index < -0.39 is 0 Å². The Hall–Kier alpha value is -1.65. The summed E-state index contributed by atoms with van der Waals surface area (Å²) in [6.07, 6.45) is 3.17. The Labute approximate surface area is 103 Å². The molecule has 5 heteroatoms. The third kappa shape index (κ3) is 2.93. The van der Waals surface area contributed by atoms with Crippen LogP contribution in [0.15, 0.2) is 12.4 Å². The van der Waals surface area contributed by atoms with Gasteiger partial charge in [-0.15, -0.1) is 0 Å². The lowest BCUT2D eigenvalue weighted by Gasteiger charge is -2.36. The van der Waals surface area contributed by atoms with Crippen molar-refractivity contribution in [1.82, 2.24) is 9.97 Å². The molecule has 0 radical (unpaired) electrons. The molecule has 5 nitrogen and oxygen atoms in total. The normalized spacial score (nSPS) is 13.2. The largest absolute Gasteiger partial charge is 0.382 e. The van der Waals surface area contributed by atoms with Crippen LogP contribution in [0.25, 0.3) is 0 Å². The molecule has 94 valence electrons. The summed E-state index contributed by atoms with van der Waals surface area (Å²) in [4.78, 5) is 10.4. The number of nitrogens with zero attached hydrogens (tertiary/aromatic N) is 3. The number of nitrogens with two attached hydrogens (primary N) is 1. The third-order valence-electron chi connectivity index (χ3n) is 3.10. The maximum absolute atomic E-state index is 7.52. The monoisotopic (exact) mass is 235 g/mol. The summed E-state index contributed by atoms with van der Waals surface area (Å²) < 4.78 is 0. The maximum Gasteiger partial charge on any atom is 0.158 e. The first-order chi connectivity index (χ1) is 7.75. The molecule has 0 bridgehead atoms. The van der Waals surface area contributed by atoms with E-state index in [-0.39, 0.29) is 17.3 Å². The Bertz CT molecular complexity index is 408. The van der Waals surface area contributed by atoms with Gasteiger partial charge < -0.3 is 10.6 Å². The van der Waals surface area contributed by atoms with Crippen LogP contribution >= 0.6 is 0 Å². The highest BCUT2D eigenvalue weighted by Gasteiger charge is 2.26. The Morgan fingerprint density at radius 2 is 1.88 bits per heavy atom. The van der Waals surface area contributed by atoms with E-state index in [2.05, 4.69) is 37.7 Å². The van der Waals surface area contributed by atoms with Crippen molar-refractivity contribution in [3.05, 3.63) is 18.1 Å². The minimum atomic E-state index is -0.0546. The highest BCUT2D eigenvalue weighted by Crippen LogP contribution is 2.27. The average molecular weight is 235 g/mol. The predicted molar refractivity (Wildman–Crippen MR) is 70.4 cm³/mol. The van der Waals surface area contributed by atoms with Crippen LogP contribution < -0.4 is 10.6 Å². The van der Waals surface area contributed by atoms with Crippen LogP contribution in [-0.4, -0.2) is 28.9 Å². The van der Waals surface area contributed by atoms with Crippen LogP contribution in [0, 0.1) is 10.8 Å². The van der Waals surface area contributed by atoms with Gasteiger partial charge in [-0.25, -0.2) is 9.97 Å². The SMILES string of the molecule is CC(N(C)c1nccnc1C(=N)N)C(C)(C)C. The van der Waals surface area contributed by atoms with Gasteiger partial charge in [0, 0.05) is 25.5 Å². The molecule has 0 saturated heterocycles. The average Bonchev–Trinajstić information content (AvgIpc) is 2.25. The van der Waals surface area contributed by atoms with E-state index in [1.807, 2.05) is 11.9 Å². The van der Waals surface area contributed by atoms with Gasteiger partial charge in [-0.05, 0) is 12.3 Å². The summed E-state index contributed by atoms with van der Waals surface area (Å²) in [5.41, 5.74) is 6.06. The first kappa shape index (κ1) is 13.4. The molecule has 0 aliphatic rings. The molecular weight excluding hydrogens is 214 g/mol. The van der Waals surface area contributed by atoms with Gasteiger partial charge in [0.25, 0.3) is 0 Å². The van der Waals surface area contributed by atoms with E-state index in [0.717, 1.165) is 0 Å². The summed E-state index contributed by atoms with van der Waals surface area (Å²) in [5, 5.41) is 7.52. The summed E-state index contributed by atoms with van der Waals surface area (Å²) >= 11 is 0. The lowest BCUT2D eigenvalue weighted by molar-refractivity contribution is 0.328.